The molecule has 2 aromatic heterocycles. The molecule has 0 N–H and O–H groups in total. The second-order valence-corrected chi connectivity index (χ2v) is 4.01. The standard InChI is InChI=1S/C13H12N2O3/c1-17-7-6-15-8-14-11-9-4-2-3-5-10(9)18-12(11)13(15)16/h2-5,8H,6-7H2,1H3. The van der Waals surface area contributed by atoms with Gasteiger partial charge in [-0.05, 0) is 12.1 Å². The van der Waals surface area contributed by atoms with E-state index < -0.39 is 0 Å². The highest BCUT2D eigenvalue weighted by molar-refractivity contribution is 6.01. The van der Waals surface area contributed by atoms with E-state index in [1.54, 1.807) is 7.11 Å². The van der Waals surface area contributed by atoms with Crippen LogP contribution in [0.3, 0.4) is 0 Å². The van der Waals surface area contributed by atoms with Crippen LogP contribution in [0.15, 0.2) is 39.8 Å². The Balaban J connectivity index is 2.26. The number of furan rings is 1. The van der Waals surface area contributed by atoms with Crippen LogP contribution < -0.4 is 5.56 Å². The van der Waals surface area contributed by atoms with E-state index >= 15 is 0 Å². The fourth-order valence-corrected chi connectivity index (χ4v) is 1.96. The quantitative estimate of drug-likeness (QED) is 0.704. The maximum absolute atomic E-state index is 12.2. The number of nitrogens with zero attached hydrogens (tertiary/aromatic N) is 2. The van der Waals surface area contributed by atoms with Crippen molar-refractivity contribution in [2.45, 2.75) is 6.54 Å². The molecule has 2 heterocycles. The van der Waals surface area contributed by atoms with Gasteiger partial charge in [-0.15, -0.1) is 0 Å². The van der Waals surface area contributed by atoms with Gasteiger partial charge in [0, 0.05) is 12.5 Å². The van der Waals surface area contributed by atoms with Crippen molar-refractivity contribution >= 4 is 22.1 Å². The van der Waals surface area contributed by atoms with Gasteiger partial charge in [-0.1, -0.05) is 12.1 Å². The number of benzene rings is 1. The summed E-state index contributed by atoms with van der Waals surface area (Å²) >= 11 is 0. The fourth-order valence-electron chi connectivity index (χ4n) is 1.96. The highest BCUT2D eigenvalue weighted by Crippen LogP contribution is 2.23. The SMILES string of the molecule is COCCn1cnc2c(oc3ccccc32)c1=O. The molecule has 0 fully saturated rings. The molecule has 18 heavy (non-hydrogen) atoms. The van der Waals surface area contributed by atoms with Crippen LogP contribution in [0.5, 0.6) is 0 Å². The molecule has 0 saturated carbocycles. The van der Waals surface area contributed by atoms with Gasteiger partial charge in [-0.3, -0.25) is 9.36 Å². The van der Waals surface area contributed by atoms with Gasteiger partial charge in [0.1, 0.15) is 11.1 Å². The number of hydrogen-bond donors (Lipinski definition) is 0. The van der Waals surface area contributed by atoms with Gasteiger partial charge in [0.15, 0.2) is 0 Å². The van der Waals surface area contributed by atoms with Gasteiger partial charge in [0.05, 0.1) is 19.5 Å². The smallest absolute Gasteiger partial charge is 0.297 e. The normalized spacial score (nSPS) is 11.4. The molecule has 0 amide bonds. The van der Waals surface area contributed by atoms with Crippen molar-refractivity contribution in [3.8, 4) is 0 Å². The molecule has 0 atom stereocenters. The molecule has 0 spiro atoms. The lowest BCUT2D eigenvalue weighted by Crippen LogP contribution is -2.21. The molecule has 3 rings (SSSR count). The second-order valence-electron chi connectivity index (χ2n) is 4.01. The summed E-state index contributed by atoms with van der Waals surface area (Å²) in [5.41, 5.74) is 1.42. The summed E-state index contributed by atoms with van der Waals surface area (Å²) in [6.07, 6.45) is 1.53. The van der Waals surface area contributed by atoms with E-state index in [2.05, 4.69) is 4.98 Å². The van der Waals surface area contributed by atoms with Crippen molar-refractivity contribution in [3.63, 3.8) is 0 Å². The molecular formula is C13H12N2O3. The number of fused-ring (bicyclic) bond motifs is 3. The van der Waals surface area contributed by atoms with Crippen LogP contribution in [0.2, 0.25) is 0 Å². The zero-order valence-electron chi connectivity index (χ0n) is 9.92. The van der Waals surface area contributed by atoms with E-state index in [1.165, 1.54) is 10.9 Å². The zero-order valence-corrected chi connectivity index (χ0v) is 9.92. The topological polar surface area (TPSA) is 57.3 Å². The Morgan fingerprint density at radius 1 is 1.39 bits per heavy atom. The zero-order chi connectivity index (χ0) is 12.5. The van der Waals surface area contributed by atoms with Gasteiger partial charge >= 0.3 is 0 Å². The third-order valence-electron chi connectivity index (χ3n) is 2.89. The van der Waals surface area contributed by atoms with Crippen molar-refractivity contribution in [2.75, 3.05) is 13.7 Å². The minimum absolute atomic E-state index is 0.173. The lowest BCUT2D eigenvalue weighted by atomic mass is 10.2. The first kappa shape index (κ1) is 11.0. The Labute approximate surface area is 103 Å². The molecule has 3 aromatic rings. The molecule has 0 saturated heterocycles. The summed E-state index contributed by atoms with van der Waals surface area (Å²) in [4.78, 5) is 16.5. The second kappa shape index (κ2) is 4.27. The molecule has 1 aromatic carbocycles. The minimum Gasteiger partial charge on any atom is -0.448 e. The molecule has 0 unspecified atom stereocenters. The van der Waals surface area contributed by atoms with Gasteiger partial charge in [0.2, 0.25) is 5.58 Å². The maximum Gasteiger partial charge on any atom is 0.297 e. The first-order chi connectivity index (χ1) is 8.81. The third-order valence-corrected chi connectivity index (χ3v) is 2.89. The van der Waals surface area contributed by atoms with Crippen molar-refractivity contribution < 1.29 is 9.15 Å². The van der Waals surface area contributed by atoms with Gasteiger partial charge in [-0.25, -0.2) is 4.98 Å². The fraction of sp³-hybridized carbons (Fsp3) is 0.231. The summed E-state index contributed by atoms with van der Waals surface area (Å²) in [6.45, 7) is 0.933. The van der Waals surface area contributed by atoms with Crippen LogP contribution in [0.1, 0.15) is 0 Å². The Morgan fingerprint density at radius 3 is 3.06 bits per heavy atom. The predicted molar refractivity (Wildman–Crippen MR) is 67.7 cm³/mol. The molecule has 0 aliphatic carbocycles. The highest BCUT2D eigenvalue weighted by atomic mass is 16.5. The van der Waals surface area contributed by atoms with Crippen molar-refractivity contribution in [2.24, 2.45) is 0 Å². The highest BCUT2D eigenvalue weighted by Gasteiger charge is 2.12. The van der Waals surface area contributed by atoms with Crippen molar-refractivity contribution in [3.05, 3.63) is 40.9 Å². The van der Waals surface area contributed by atoms with Gasteiger partial charge in [-0.2, -0.15) is 0 Å². The Bertz CT molecular complexity index is 758. The molecular weight excluding hydrogens is 232 g/mol. The Kier molecular flexibility index (Phi) is 2.60. The number of hydrogen-bond acceptors (Lipinski definition) is 4. The maximum atomic E-state index is 12.2. The van der Waals surface area contributed by atoms with E-state index in [0.717, 1.165) is 5.39 Å². The number of aromatic nitrogens is 2. The molecule has 0 aliphatic rings. The van der Waals surface area contributed by atoms with E-state index in [-0.39, 0.29) is 5.56 Å². The number of para-hydroxylation sites is 1. The van der Waals surface area contributed by atoms with Crippen LogP contribution in [0.25, 0.3) is 22.1 Å². The van der Waals surface area contributed by atoms with Gasteiger partial charge in [0.25, 0.3) is 5.56 Å². The predicted octanol–water partition coefficient (Wildman–Crippen LogP) is 1.79. The first-order valence-electron chi connectivity index (χ1n) is 5.67. The molecule has 0 radical (unpaired) electrons. The van der Waals surface area contributed by atoms with Crippen LogP contribution in [-0.2, 0) is 11.3 Å². The first-order valence-corrected chi connectivity index (χ1v) is 5.67. The van der Waals surface area contributed by atoms with E-state index in [1.807, 2.05) is 24.3 Å². The summed E-state index contributed by atoms with van der Waals surface area (Å²) in [6, 6.07) is 7.49. The number of rotatable bonds is 3. The van der Waals surface area contributed by atoms with Crippen LogP contribution in [0.4, 0.5) is 0 Å². The monoisotopic (exact) mass is 244 g/mol. The Hall–Kier alpha value is -2.14. The summed E-state index contributed by atoms with van der Waals surface area (Å²) < 4.78 is 12.0. The summed E-state index contributed by atoms with van der Waals surface area (Å²) in [5, 5.41) is 0.864. The molecule has 0 bridgehead atoms. The summed E-state index contributed by atoms with van der Waals surface area (Å²) in [5.74, 6) is 0. The van der Waals surface area contributed by atoms with Crippen molar-refractivity contribution in [1.82, 2.24) is 9.55 Å². The molecule has 92 valence electrons. The largest absolute Gasteiger partial charge is 0.448 e. The Morgan fingerprint density at radius 2 is 2.22 bits per heavy atom. The number of ether oxygens (including phenoxy) is 1. The van der Waals surface area contributed by atoms with Crippen LogP contribution in [-0.4, -0.2) is 23.3 Å². The lowest BCUT2D eigenvalue weighted by Gasteiger charge is -2.02. The van der Waals surface area contributed by atoms with Crippen LogP contribution in [0, 0.1) is 0 Å². The third kappa shape index (κ3) is 1.60. The molecule has 5 heteroatoms. The van der Waals surface area contributed by atoms with Gasteiger partial charge < -0.3 is 9.15 Å². The van der Waals surface area contributed by atoms with E-state index in [4.69, 9.17) is 9.15 Å². The van der Waals surface area contributed by atoms with Crippen molar-refractivity contribution in [1.29, 1.82) is 0 Å². The van der Waals surface area contributed by atoms with E-state index in [0.29, 0.717) is 29.8 Å². The summed E-state index contributed by atoms with van der Waals surface area (Å²) in [7, 11) is 1.60. The average molecular weight is 244 g/mol. The van der Waals surface area contributed by atoms with Crippen LogP contribution >= 0.6 is 0 Å². The molecule has 0 aliphatic heterocycles. The average Bonchev–Trinajstić information content (AvgIpc) is 2.78. The van der Waals surface area contributed by atoms with E-state index in [9.17, 15) is 4.79 Å². The lowest BCUT2D eigenvalue weighted by molar-refractivity contribution is 0.186. The minimum atomic E-state index is -0.173. The molecule has 5 nitrogen and oxygen atoms in total. The number of methoxy groups -OCH3 is 1.